The number of carbonyl (C=O) groups excluding carboxylic acids is 3. The molecule has 22 heteroatoms. The van der Waals surface area contributed by atoms with Gasteiger partial charge in [-0.05, 0) is 147 Å². The number of benzene rings is 2. The Morgan fingerprint density at radius 3 is 1.43 bits per heavy atom. The number of pyridine rings is 1. The van der Waals surface area contributed by atoms with Gasteiger partial charge in [0.15, 0.2) is 6.20 Å². The maximum Gasteiger partial charge on any atom is 0.307 e. The first-order chi connectivity index (χ1) is 37.4. The summed E-state index contributed by atoms with van der Waals surface area (Å²) < 4.78 is 56.5. The predicted molar refractivity (Wildman–Crippen MR) is 310 cm³/mol. The van der Waals surface area contributed by atoms with E-state index in [1.807, 2.05) is 62.8 Å². The zero-order valence-electron chi connectivity index (χ0n) is 47.0. The number of sulfonamides is 2. The predicted octanol–water partition coefficient (Wildman–Crippen LogP) is 3.76. The largest absolute Gasteiger partial charge is 1.00 e. The Balaban J connectivity index is 0.000000244. The summed E-state index contributed by atoms with van der Waals surface area (Å²) in [5.74, 6) is 2.17. The van der Waals surface area contributed by atoms with Gasteiger partial charge in [-0.25, -0.2) is 16.8 Å². The number of hydrogen-bond donors (Lipinski definition) is 5. The van der Waals surface area contributed by atoms with Crippen LogP contribution in [-0.4, -0.2) is 110 Å². The number of nitrogens with one attached hydrogen (secondary N) is 2. The van der Waals surface area contributed by atoms with Crippen molar-refractivity contribution >= 4 is 79.2 Å². The molecule has 2 aliphatic carbocycles. The van der Waals surface area contributed by atoms with Gasteiger partial charge in [-0.1, -0.05) is 82.9 Å². The summed E-state index contributed by atoms with van der Waals surface area (Å²) in [5, 5.41) is 18.1. The van der Waals surface area contributed by atoms with Crippen LogP contribution >= 0.6 is 11.6 Å². The molecule has 9 rings (SSSR count). The van der Waals surface area contributed by atoms with Crippen molar-refractivity contribution in [2.24, 2.45) is 52.2 Å². The molecule has 6 aliphatic rings. The standard InChI is InChI=1S/C25H34N4O4S.C25H33N3O5S.C6H7ClN.C2H7N.HI/c1-17-3-6-21(7-4-17)23-27-24(31)25(28-23)10-12-29(13-11-25)34(32,33)14-9-20-8-5-19(15-18(20)2)16-22(26)30;1-17-3-6-21(7-4-17)23-26-24(31)25(27-23)10-12-28(13-11-25)34(32,33)14-9-20-8-5-19(15-18(20)2)16-22(29)30;1-8-5-3-2-4-6(8)7;1-2-3;/h5,8-9,14-15,17,21H,3-4,6-7,10-13,16H2,1-2H3,(H2,26,30)(H,27,28,31);5,8-9,14-15,17,21H,3-4,6-7,10-13,16H2,1-2H3,(H,29,30)(H,26,27,31);2-5H,1H3;2-3H2,1H3;1H/q;;+1;;/p-1/b2*14-9+;;;. The Bertz CT molecular complexity index is 2830. The number of carboxylic acid groups (broad SMARTS) is 1. The minimum Gasteiger partial charge on any atom is -1.00 e. The van der Waals surface area contributed by atoms with E-state index in [0.29, 0.717) is 43.1 Å². The van der Waals surface area contributed by atoms with E-state index in [1.54, 1.807) is 42.5 Å². The fraction of sp³-hybridized carbons (Fsp3) is 0.534. The highest BCUT2D eigenvalue weighted by molar-refractivity contribution is 7.92. The third-order valence-electron chi connectivity index (χ3n) is 15.9. The summed E-state index contributed by atoms with van der Waals surface area (Å²) in [6.45, 7) is 11.9. The van der Waals surface area contributed by atoms with Crippen molar-refractivity contribution < 1.29 is 69.7 Å². The quantitative estimate of drug-likeness (QED) is 0.0996. The van der Waals surface area contributed by atoms with Crippen LogP contribution in [-0.2, 0) is 59.1 Å². The van der Waals surface area contributed by atoms with E-state index in [4.69, 9.17) is 38.2 Å². The average molecular weight is 1270 g/mol. The summed E-state index contributed by atoms with van der Waals surface area (Å²) in [6, 6.07) is 16.3. The topological polar surface area (TPSA) is 268 Å². The van der Waals surface area contributed by atoms with Gasteiger partial charge in [0.25, 0.3) is 17.0 Å². The minimum atomic E-state index is -3.65. The number of aliphatic carboxylic acids is 1. The number of nitrogens with two attached hydrogens (primary N) is 2. The van der Waals surface area contributed by atoms with Gasteiger partial charge in [-0.3, -0.25) is 29.2 Å². The molecule has 0 unspecified atom stereocenters. The Morgan fingerprint density at radius 1 is 0.713 bits per heavy atom. The number of piperidine rings is 2. The average Bonchev–Trinajstić information content (AvgIpc) is 3.88. The van der Waals surface area contributed by atoms with Gasteiger partial charge in [0.1, 0.15) is 29.8 Å². The van der Waals surface area contributed by atoms with E-state index in [9.17, 15) is 36.0 Å². The van der Waals surface area contributed by atoms with E-state index in [-0.39, 0.29) is 74.8 Å². The third kappa shape index (κ3) is 17.8. The third-order valence-corrected chi connectivity index (χ3v) is 19.4. The summed E-state index contributed by atoms with van der Waals surface area (Å²) in [5.41, 5.74) is 13.0. The van der Waals surface area contributed by atoms with Gasteiger partial charge in [0, 0.05) is 61.0 Å². The van der Waals surface area contributed by atoms with Gasteiger partial charge < -0.3 is 51.2 Å². The number of carbonyl (C=O) groups is 4. The van der Waals surface area contributed by atoms with Crippen LogP contribution in [0.1, 0.15) is 131 Å². The molecule has 438 valence electrons. The van der Waals surface area contributed by atoms with E-state index in [1.165, 1.54) is 19.4 Å². The number of aromatic nitrogens is 1. The van der Waals surface area contributed by atoms with Crippen LogP contribution in [0.2, 0.25) is 5.15 Å². The van der Waals surface area contributed by atoms with Crippen molar-refractivity contribution in [1.82, 2.24) is 19.2 Å². The van der Waals surface area contributed by atoms with Crippen molar-refractivity contribution in [3.63, 3.8) is 0 Å². The van der Waals surface area contributed by atoms with Crippen molar-refractivity contribution in [2.45, 2.75) is 136 Å². The van der Waals surface area contributed by atoms with Crippen LogP contribution in [0, 0.1) is 37.5 Å². The Kier molecular flexibility index (Phi) is 24.2. The SMILES string of the molecule is CCN.C[n+]1ccccc1Cl.Cc1cc(CC(=O)O)ccc1/C=C/S(=O)(=O)N1CCC2(CC1)N=C(C1CCC(C)CC1)NC2=O.Cc1cc(CC(N)=O)ccc1/C=C/S(=O)(=O)N1CCC2(CC1)N=C(C1CCC(C)CC1)NC2=O.[I-]. The maximum absolute atomic E-state index is 13.0. The Morgan fingerprint density at radius 2 is 1.10 bits per heavy atom. The number of hydrogen-bond acceptors (Lipinski definition) is 11. The van der Waals surface area contributed by atoms with Crippen molar-refractivity contribution in [2.75, 3.05) is 32.7 Å². The smallest absolute Gasteiger partial charge is 0.307 e. The molecule has 5 heterocycles. The van der Waals surface area contributed by atoms with Crippen LogP contribution in [0.4, 0.5) is 0 Å². The second-order valence-electron chi connectivity index (χ2n) is 22.0. The van der Waals surface area contributed by atoms with Crippen molar-refractivity contribution in [3.05, 3.63) is 110 Å². The lowest BCUT2D eigenvalue weighted by Gasteiger charge is -2.34. The lowest BCUT2D eigenvalue weighted by molar-refractivity contribution is -0.669. The molecule has 80 heavy (non-hydrogen) atoms. The maximum atomic E-state index is 13.0. The highest BCUT2D eigenvalue weighted by Gasteiger charge is 2.50. The number of primary amides is 1. The summed E-state index contributed by atoms with van der Waals surface area (Å²) in [6.07, 6.45) is 15.4. The van der Waals surface area contributed by atoms with Gasteiger partial charge in [-0.15, -0.1) is 0 Å². The number of rotatable bonds is 12. The van der Waals surface area contributed by atoms with Crippen LogP contribution in [0.5, 0.6) is 0 Å². The number of halogens is 2. The fourth-order valence-electron chi connectivity index (χ4n) is 10.9. The molecular formula is C58H81ClIN9O9S2. The lowest BCUT2D eigenvalue weighted by atomic mass is 9.82. The molecule has 0 radical (unpaired) electrons. The molecule has 18 nitrogen and oxygen atoms in total. The van der Waals surface area contributed by atoms with Gasteiger partial charge >= 0.3 is 5.97 Å². The molecule has 7 N–H and O–H groups in total. The molecular weight excluding hydrogens is 1190 g/mol. The first-order valence-electron chi connectivity index (χ1n) is 27.6. The molecule has 3 amide bonds. The first kappa shape index (κ1) is 65.9. The summed E-state index contributed by atoms with van der Waals surface area (Å²) in [7, 11) is -5.38. The van der Waals surface area contributed by atoms with Crippen molar-refractivity contribution in [1.29, 1.82) is 0 Å². The van der Waals surface area contributed by atoms with Crippen molar-refractivity contribution in [3.8, 4) is 0 Å². The molecule has 2 saturated carbocycles. The molecule has 0 bridgehead atoms. The normalized spacial score (nSPS) is 22.8. The van der Waals surface area contributed by atoms with Gasteiger partial charge in [-0.2, -0.15) is 13.2 Å². The van der Waals surface area contributed by atoms with Crippen LogP contribution in [0.15, 0.2) is 81.6 Å². The van der Waals surface area contributed by atoms with Crippen LogP contribution in [0.3, 0.4) is 0 Å². The van der Waals surface area contributed by atoms with E-state index >= 15 is 0 Å². The highest BCUT2D eigenvalue weighted by Crippen LogP contribution is 2.38. The van der Waals surface area contributed by atoms with E-state index in [2.05, 4.69) is 24.5 Å². The molecule has 3 aromatic rings. The molecule has 4 fully saturated rings. The zero-order valence-corrected chi connectivity index (χ0v) is 51.6. The number of aliphatic imine (C=N–C) groups is 2. The van der Waals surface area contributed by atoms with Crippen LogP contribution < -0.4 is 50.6 Å². The zero-order chi connectivity index (χ0) is 57.7. The summed E-state index contributed by atoms with van der Waals surface area (Å²) >= 11 is 5.67. The number of amidine groups is 2. The molecule has 1 aromatic heterocycles. The number of carboxylic acids is 1. The molecule has 4 aliphatic heterocycles. The molecule has 2 spiro atoms. The highest BCUT2D eigenvalue weighted by atomic mass is 127. The van der Waals surface area contributed by atoms with Crippen LogP contribution in [0.25, 0.3) is 12.2 Å². The molecule has 0 atom stereocenters. The fourth-order valence-corrected chi connectivity index (χ4v) is 13.4. The molecule has 2 saturated heterocycles. The minimum absolute atomic E-state index is 0. The van der Waals surface area contributed by atoms with E-state index in [0.717, 1.165) is 114 Å². The van der Waals surface area contributed by atoms with E-state index < -0.39 is 43.0 Å². The van der Waals surface area contributed by atoms with Gasteiger partial charge in [0.2, 0.25) is 26.0 Å². The number of nitrogens with zero attached hydrogens (tertiary/aromatic N) is 5. The first-order valence-corrected chi connectivity index (χ1v) is 30.9. The molecule has 2 aromatic carbocycles. The lowest BCUT2D eigenvalue weighted by Crippen LogP contribution is -3.00. The summed E-state index contributed by atoms with van der Waals surface area (Å²) in [4.78, 5) is 57.3. The second kappa shape index (κ2) is 29.4. The van der Waals surface area contributed by atoms with Gasteiger partial charge in [0.05, 0.1) is 12.8 Å². The number of aryl methyl sites for hydroxylation is 3. The monoisotopic (exact) mass is 1270 g/mol. The number of amides is 3. The Hall–Kier alpha value is -4.91. The Labute approximate surface area is 495 Å². The second-order valence-corrected chi connectivity index (χ2v) is 26.0.